The highest BCUT2D eigenvalue weighted by Crippen LogP contribution is 2.15. The van der Waals surface area contributed by atoms with Crippen molar-refractivity contribution >= 4 is 17.4 Å². The van der Waals surface area contributed by atoms with Crippen LogP contribution in [0.3, 0.4) is 0 Å². The Bertz CT molecular complexity index is 430. The highest BCUT2D eigenvalue weighted by molar-refractivity contribution is 5.89. The summed E-state index contributed by atoms with van der Waals surface area (Å²) in [5.74, 6) is 0. The number of rotatable bonds is 6. The molecular formula is C11H15N3O5. The molecule has 0 heterocycles. The van der Waals surface area contributed by atoms with Crippen molar-refractivity contribution in [2.45, 2.75) is 6.29 Å². The van der Waals surface area contributed by atoms with Gasteiger partial charge in [0, 0.05) is 32.0 Å². The van der Waals surface area contributed by atoms with E-state index in [0.29, 0.717) is 5.69 Å². The Morgan fingerprint density at radius 2 is 1.89 bits per heavy atom. The van der Waals surface area contributed by atoms with Gasteiger partial charge in [0.25, 0.3) is 5.69 Å². The maximum absolute atomic E-state index is 11.5. The Kier molecular flexibility index (Phi) is 5.71. The second-order valence-corrected chi connectivity index (χ2v) is 3.54. The Labute approximate surface area is 109 Å². The molecule has 0 radical (unpaired) electrons. The lowest BCUT2D eigenvalue weighted by Crippen LogP contribution is -2.36. The summed E-state index contributed by atoms with van der Waals surface area (Å²) >= 11 is 0. The summed E-state index contributed by atoms with van der Waals surface area (Å²) in [6.45, 7) is 0.186. The number of nitro benzene ring substituents is 1. The summed E-state index contributed by atoms with van der Waals surface area (Å²) < 4.78 is 9.80. The fourth-order valence-corrected chi connectivity index (χ4v) is 1.28. The van der Waals surface area contributed by atoms with Crippen molar-refractivity contribution in [2.24, 2.45) is 0 Å². The molecule has 0 aliphatic rings. The molecule has 0 saturated heterocycles. The van der Waals surface area contributed by atoms with Crippen LogP contribution in [0.4, 0.5) is 16.2 Å². The van der Waals surface area contributed by atoms with Crippen LogP contribution in [0.1, 0.15) is 0 Å². The zero-order chi connectivity index (χ0) is 14.3. The maximum Gasteiger partial charge on any atom is 0.319 e. The van der Waals surface area contributed by atoms with Gasteiger partial charge in [-0.3, -0.25) is 10.1 Å². The van der Waals surface area contributed by atoms with Gasteiger partial charge < -0.3 is 20.1 Å². The molecule has 0 bridgehead atoms. The van der Waals surface area contributed by atoms with Gasteiger partial charge in [-0.2, -0.15) is 0 Å². The number of hydrogen-bond acceptors (Lipinski definition) is 5. The second-order valence-electron chi connectivity index (χ2n) is 3.54. The van der Waals surface area contributed by atoms with Crippen molar-refractivity contribution in [3.8, 4) is 0 Å². The number of carbonyl (C=O) groups excluding carboxylic acids is 1. The normalized spacial score (nSPS) is 10.3. The number of non-ortho nitro benzene ring substituents is 1. The number of nitro groups is 1. The lowest BCUT2D eigenvalue weighted by atomic mass is 10.3. The number of anilines is 1. The number of methoxy groups -OCH3 is 2. The molecule has 1 aromatic carbocycles. The highest BCUT2D eigenvalue weighted by Gasteiger charge is 2.09. The summed E-state index contributed by atoms with van der Waals surface area (Å²) in [5, 5.41) is 15.5. The minimum absolute atomic E-state index is 0.0372. The zero-order valence-corrected chi connectivity index (χ0v) is 10.6. The molecule has 19 heavy (non-hydrogen) atoms. The van der Waals surface area contributed by atoms with Gasteiger partial charge in [-0.25, -0.2) is 4.79 Å². The maximum atomic E-state index is 11.5. The first-order valence-electron chi connectivity index (χ1n) is 5.41. The predicted octanol–water partition coefficient (Wildman–Crippen LogP) is 1.34. The van der Waals surface area contributed by atoms with Gasteiger partial charge in [0.15, 0.2) is 6.29 Å². The van der Waals surface area contributed by atoms with Crippen LogP contribution in [0.25, 0.3) is 0 Å². The van der Waals surface area contributed by atoms with Crippen molar-refractivity contribution < 1.29 is 19.2 Å². The molecule has 2 N–H and O–H groups in total. The van der Waals surface area contributed by atoms with Crippen LogP contribution in [0, 0.1) is 10.1 Å². The third-order valence-corrected chi connectivity index (χ3v) is 2.29. The van der Waals surface area contributed by atoms with Gasteiger partial charge in [-0.05, 0) is 12.1 Å². The molecule has 0 saturated carbocycles. The number of urea groups is 1. The van der Waals surface area contributed by atoms with Crippen LogP contribution in [-0.4, -0.2) is 38.0 Å². The Balaban J connectivity index is 2.46. The fourth-order valence-electron chi connectivity index (χ4n) is 1.28. The summed E-state index contributed by atoms with van der Waals surface area (Å²) in [5.41, 5.74) is 0.416. The van der Waals surface area contributed by atoms with E-state index < -0.39 is 17.2 Å². The molecule has 1 aromatic rings. The van der Waals surface area contributed by atoms with Crippen LogP contribution >= 0.6 is 0 Å². The molecule has 0 spiro atoms. The van der Waals surface area contributed by atoms with Gasteiger partial charge in [0.1, 0.15) is 0 Å². The first-order chi connectivity index (χ1) is 9.06. The van der Waals surface area contributed by atoms with Crippen molar-refractivity contribution in [2.75, 3.05) is 26.1 Å². The van der Waals surface area contributed by atoms with E-state index in [4.69, 9.17) is 9.47 Å². The van der Waals surface area contributed by atoms with E-state index >= 15 is 0 Å². The standard InChI is InChI=1S/C11H15N3O5/c1-18-10(19-2)7-12-11(15)13-8-3-5-9(6-4-8)14(16)17/h3-6,10H,7H2,1-2H3,(H2,12,13,15). The van der Waals surface area contributed by atoms with E-state index in [1.165, 1.54) is 38.5 Å². The van der Waals surface area contributed by atoms with Crippen LogP contribution in [0.15, 0.2) is 24.3 Å². The third-order valence-electron chi connectivity index (χ3n) is 2.29. The van der Waals surface area contributed by atoms with Gasteiger partial charge in [0.2, 0.25) is 0 Å². The lowest BCUT2D eigenvalue weighted by Gasteiger charge is -2.14. The topological polar surface area (TPSA) is 103 Å². The number of nitrogens with one attached hydrogen (secondary N) is 2. The quantitative estimate of drug-likeness (QED) is 0.461. The number of ether oxygens (including phenoxy) is 2. The smallest absolute Gasteiger partial charge is 0.319 e. The van der Waals surface area contributed by atoms with Crippen LogP contribution in [-0.2, 0) is 9.47 Å². The van der Waals surface area contributed by atoms with Gasteiger partial charge in [-0.15, -0.1) is 0 Å². The predicted molar refractivity (Wildman–Crippen MR) is 67.9 cm³/mol. The summed E-state index contributed by atoms with van der Waals surface area (Å²) in [6.07, 6.45) is -0.525. The Hall–Kier alpha value is -2.19. The van der Waals surface area contributed by atoms with E-state index in [-0.39, 0.29) is 12.2 Å². The molecule has 0 fully saturated rings. The Morgan fingerprint density at radius 3 is 2.37 bits per heavy atom. The molecule has 0 unspecified atom stereocenters. The number of carbonyl (C=O) groups is 1. The molecule has 0 aliphatic heterocycles. The summed E-state index contributed by atoms with van der Waals surface area (Å²) in [4.78, 5) is 21.4. The molecule has 0 aliphatic carbocycles. The van der Waals surface area contributed by atoms with Gasteiger partial charge in [-0.1, -0.05) is 0 Å². The number of hydrogen-bond donors (Lipinski definition) is 2. The van der Waals surface area contributed by atoms with Crippen molar-refractivity contribution in [1.82, 2.24) is 5.32 Å². The van der Waals surface area contributed by atoms with E-state index in [1.807, 2.05) is 0 Å². The zero-order valence-electron chi connectivity index (χ0n) is 10.6. The number of nitrogens with zero attached hydrogens (tertiary/aromatic N) is 1. The van der Waals surface area contributed by atoms with Gasteiger partial charge >= 0.3 is 6.03 Å². The van der Waals surface area contributed by atoms with Crippen LogP contribution in [0.5, 0.6) is 0 Å². The molecule has 8 nitrogen and oxygen atoms in total. The minimum atomic E-state index is -0.525. The van der Waals surface area contributed by atoms with Crippen molar-refractivity contribution in [3.63, 3.8) is 0 Å². The van der Waals surface area contributed by atoms with Crippen LogP contribution in [0.2, 0.25) is 0 Å². The first-order valence-corrected chi connectivity index (χ1v) is 5.41. The number of benzene rings is 1. The van der Waals surface area contributed by atoms with Gasteiger partial charge in [0.05, 0.1) is 11.5 Å². The fraction of sp³-hybridized carbons (Fsp3) is 0.364. The molecule has 2 amide bonds. The average molecular weight is 269 g/mol. The molecule has 104 valence electrons. The third kappa shape index (κ3) is 4.90. The highest BCUT2D eigenvalue weighted by atomic mass is 16.7. The molecular weight excluding hydrogens is 254 g/mol. The largest absolute Gasteiger partial charge is 0.354 e. The monoisotopic (exact) mass is 269 g/mol. The van der Waals surface area contributed by atoms with E-state index in [0.717, 1.165) is 0 Å². The lowest BCUT2D eigenvalue weighted by molar-refractivity contribution is -0.384. The average Bonchev–Trinajstić information content (AvgIpc) is 2.40. The van der Waals surface area contributed by atoms with Crippen molar-refractivity contribution in [3.05, 3.63) is 34.4 Å². The van der Waals surface area contributed by atoms with E-state index in [1.54, 1.807) is 0 Å². The molecule has 1 rings (SSSR count). The summed E-state index contributed by atoms with van der Waals surface area (Å²) in [6, 6.07) is 5.06. The summed E-state index contributed by atoms with van der Waals surface area (Å²) in [7, 11) is 2.92. The molecule has 0 aromatic heterocycles. The first kappa shape index (κ1) is 14.9. The minimum Gasteiger partial charge on any atom is -0.354 e. The SMILES string of the molecule is COC(CNC(=O)Nc1ccc([N+](=O)[O-])cc1)OC. The van der Waals surface area contributed by atoms with E-state index in [2.05, 4.69) is 10.6 Å². The second kappa shape index (κ2) is 7.29. The van der Waals surface area contributed by atoms with Crippen LogP contribution < -0.4 is 10.6 Å². The Morgan fingerprint density at radius 1 is 1.32 bits per heavy atom. The van der Waals surface area contributed by atoms with E-state index in [9.17, 15) is 14.9 Å². The molecule has 0 atom stereocenters. The molecule has 8 heteroatoms. The van der Waals surface area contributed by atoms with Crippen molar-refractivity contribution in [1.29, 1.82) is 0 Å². The number of amides is 2.